The van der Waals surface area contributed by atoms with Crippen LogP contribution in [0.5, 0.6) is 0 Å². The number of allylic oxidation sites excluding steroid dienone is 9. The molecule has 0 aromatic carbocycles. The molecule has 142 valence electrons. The van der Waals surface area contributed by atoms with Crippen LogP contribution < -0.4 is 0 Å². The largest absolute Gasteiger partial charge is 0.480 e. The van der Waals surface area contributed by atoms with Crippen molar-refractivity contribution in [2.45, 2.75) is 26.4 Å². The first-order valence-corrected chi connectivity index (χ1v) is 8.46. The molecule has 2 rings (SSSR count). The second kappa shape index (κ2) is 11.2. The molecule has 5 heteroatoms. The number of hydrogen-bond donors (Lipinski definition) is 2. The molecule has 1 aliphatic carbocycles. The Morgan fingerprint density at radius 2 is 2.15 bits per heavy atom. The lowest BCUT2D eigenvalue weighted by molar-refractivity contribution is 0.123. The highest BCUT2D eigenvalue weighted by atomic mass is 16.6. The lowest BCUT2D eigenvalue weighted by Gasteiger charge is -2.32. The zero-order valence-electron chi connectivity index (χ0n) is 15.9. The molecule has 1 heterocycles. The summed E-state index contributed by atoms with van der Waals surface area (Å²) < 4.78 is 9.25. The van der Waals surface area contributed by atoms with Gasteiger partial charge < -0.3 is 24.6 Å². The monoisotopic (exact) mass is 359 g/mol. The van der Waals surface area contributed by atoms with Gasteiger partial charge in [0, 0.05) is 25.8 Å². The molecule has 5 nitrogen and oxygen atoms in total. The van der Waals surface area contributed by atoms with Gasteiger partial charge in [-0.05, 0) is 31.9 Å². The normalized spacial score (nSPS) is 21.1. The van der Waals surface area contributed by atoms with Gasteiger partial charge in [-0.25, -0.2) is 0 Å². The SMILES string of the molecule is C=C/C=C\C(=C/C)C1C=CC=C(N2C=C(O)OC=C2C(C)O)C1.COC. The second-order valence-corrected chi connectivity index (χ2v) is 5.82. The lowest BCUT2D eigenvalue weighted by atomic mass is 9.89. The van der Waals surface area contributed by atoms with E-state index in [1.807, 2.05) is 31.2 Å². The molecule has 0 spiro atoms. The van der Waals surface area contributed by atoms with Gasteiger partial charge >= 0.3 is 0 Å². The smallest absolute Gasteiger partial charge is 0.299 e. The summed E-state index contributed by atoms with van der Waals surface area (Å²) in [4.78, 5) is 1.78. The van der Waals surface area contributed by atoms with E-state index in [0.717, 1.165) is 12.1 Å². The maximum absolute atomic E-state index is 9.92. The first-order chi connectivity index (χ1) is 12.5. The molecule has 2 atom stereocenters. The quantitative estimate of drug-likeness (QED) is 0.716. The highest BCUT2D eigenvalue weighted by Gasteiger charge is 2.25. The van der Waals surface area contributed by atoms with E-state index in [-0.39, 0.29) is 11.9 Å². The van der Waals surface area contributed by atoms with Gasteiger partial charge in [0.15, 0.2) is 0 Å². The fourth-order valence-corrected chi connectivity index (χ4v) is 2.62. The fourth-order valence-electron chi connectivity index (χ4n) is 2.62. The Bertz CT molecular complexity index is 651. The van der Waals surface area contributed by atoms with Crippen molar-refractivity contribution in [3.63, 3.8) is 0 Å². The number of aliphatic hydroxyl groups is 2. The van der Waals surface area contributed by atoms with Gasteiger partial charge in [0.2, 0.25) is 0 Å². The van der Waals surface area contributed by atoms with Crippen molar-refractivity contribution in [2.75, 3.05) is 14.2 Å². The summed E-state index contributed by atoms with van der Waals surface area (Å²) in [6.07, 6.45) is 16.8. The van der Waals surface area contributed by atoms with Crippen LogP contribution in [0.4, 0.5) is 0 Å². The summed E-state index contributed by atoms with van der Waals surface area (Å²) in [5.74, 6) is 0.0315. The topological polar surface area (TPSA) is 62.2 Å². The Morgan fingerprint density at radius 3 is 2.73 bits per heavy atom. The molecule has 0 aromatic rings. The van der Waals surface area contributed by atoms with Crippen LogP contribution in [0.3, 0.4) is 0 Å². The number of rotatable bonds is 5. The summed E-state index contributed by atoms with van der Waals surface area (Å²) in [5, 5.41) is 19.6. The molecular formula is C21H29NO4. The first-order valence-electron chi connectivity index (χ1n) is 8.46. The third-order valence-corrected chi connectivity index (χ3v) is 3.80. The fraction of sp³-hybridized carbons (Fsp3) is 0.333. The summed E-state index contributed by atoms with van der Waals surface area (Å²) in [5.41, 5.74) is 2.76. The van der Waals surface area contributed by atoms with Crippen LogP contribution in [-0.4, -0.2) is 35.4 Å². The van der Waals surface area contributed by atoms with Crippen LogP contribution in [0.25, 0.3) is 0 Å². The van der Waals surface area contributed by atoms with E-state index < -0.39 is 6.10 Å². The van der Waals surface area contributed by atoms with Gasteiger partial charge in [0.25, 0.3) is 5.95 Å². The van der Waals surface area contributed by atoms with E-state index in [1.54, 1.807) is 32.1 Å². The number of methoxy groups -OCH3 is 1. The van der Waals surface area contributed by atoms with Crippen LogP contribution in [0.2, 0.25) is 0 Å². The zero-order valence-corrected chi connectivity index (χ0v) is 15.9. The van der Waals surface area contributed by atoms with Crippen molar-refractivity contribution in [3.8, 4) is 0 Å². The Labute approximate surface area is 156 Å². The highest BCUT2D eigenvalue weighted by molar-refractivity contribution is 5.35. The zero-order chi connectivity index (χ0) is 19.5. The van der Waals surface area contributed by atoms with Crippen molar-refractivity contribution in [1.29, 1.82) is 0 Å². The molecule has 0 saturated carbocycles. The predicted molar refractivity (Wildman–Crippen MR) is 105 cm³/mol. The summed E-state index contributed by atoms with van der Waals surface area (Å²) in [6, 6.07) is 0. The van der Waals surface area contributed by atoms with E-state index in [2.05, 4.69) is 23.5 Å². The molecule has 0 fully saturated rings. The van der Waals surface area contributed by atoms with E-state index in [4.69, 9.17) is 4.74 Å². The van der Waals surface area contributed by atoms with Crippen molar-refractivity contribution < 1.29 is 19.7 Å². The van der Waals surface area contributed by atoms with Crippen molar-refractivity contribution >= 4 is 0 Å². The maximum Gasteiger partial charge on any atom is 0.299 e. The summed E-state index contributed by atoms with van der Waals surface area (Å²) >= 11 is 0. The van der Waals surface area contributed by atoms with E-state index in [0.29, 0.717) is 5.70 Å². The Morgan fingerprint density at radius 1 is 1.46 bits per heavy atom. The van der Waals surface area contributed by atoms with Gasteiger partial charge in [-0.2, -0.15) is 0 Å². The minimum Gasteiger partial charge on any atom is -0.480 e. The minimum atomic E-state index is -0.702. The molecular weight excluding hydrogens is 330 g/mol. The third kappa shape index (κ3) is 6.10. The molecule has 0 bridgehead atoms. The van der Waals surface area contributed by atoms with Crippen LogP contribution in [0.1, 0.15) is 20.3 Å². The Kier molecular flexibility index (Phi) is 9.26. The number of ether oxygens (including phenoxy) is 2. The van der Waals surface area contributed by atoms with Crippen LogP contribution in [0, 0.1) is 5.92 Å². The van der Waals surface area contributed by atoms with Crippen molar-refractivity contribution in [3.05, 3.63) is 84.5 Å². The molecule has 2 N–H and O–H groups in total. The Hall–Kier alpha value is -2.50. The lowest BCUT2D eigenvalue weighted by Crippen LogP contribution is -2.28. The van der Waals surface area contributed by atoms with Gasteiger partial charge in [0.05, 0.1) is 18.0 Å². The van der Waals surface area contributed by atoms with E-state index in [1.165, 1.54) is 18.0 Å². The second-order valence-electron chi connectivity index (χ2n) is 5.82. The number of aliphatic hydroxyl groups excluding tert-OH is 2. The van der Waals surface area contributed by atoms with Crippen LogP contribution >= 0.6 is 0 Å². The molecule has 2 unspecified atom stereocenters. The number of nitrogens with zero attached hydrogens (tertiary/aromatic N) is 1. The molecule has 26 heavy (non-hydrogen) atoms. The minimum absolute atomic E-state index is 0.195. The number of hydrogen-bond acceptors (Lipinski definition) is 5. The molecule has 0 amide bonds. The van der Waals surface area contributed by atoms with Crippen LogP contribution in [0.15, 0.2) is 84.5 Å². The molecule has 0 saturated heterocycles. The molecule has 0 aromatic heterocycles. The van der Waals surface area contributed by atoms with E-state index in [9.17, 15) is 10.2 Å². The average molecular weight is 359 g/mol. The average Bonchev–Trinajstić information content (AvgIpc) is 2.63. The Balaban J connectivity index is 0.00000105. The van der Waals surface area contributed by atoms with Crippen LogP contribution in [-0.2, 0) is 9.47 Å². The first kappa shape index (κ1) is 21.5. The highest BCUT2D eigenvalue weighted by Crippen LogP contribution is 2.32. The van der Waals surface area contributed by atoms with Crippen molar-refractivity contribution in [2.24, 2.45) is 5.92 Å². The molecule has 2 aliphatic rings. The van der Waals surface area contributed by atoms with Gasteiger partial charge in [-0.3, -0.25) is 0 Å². The van der Waals surface area contributed by atoms with E-state index >= 15 is 0 Å². The summed E-state index contributed by atoms with van der Waals surface area (Å²) in [6.45, 7) is 7.38. The third-order valence-electron chi connectivity index (χ3n) is 3.80. The van der Waals surface area contributed by atoms with Gasteiger partial charge in [0.1, 0.15) is 6.26 Å². The van der Waals surface area contributed by atoms with Gasteiger partial charge in [-0.1, -0.05) is 43.0 Å². The molecule has 1 aliphatic heterocycles. The van der Waals surface area contributed by atoms with Crippen molar-refractivity contribution in [1.82, 2.24) is 4.90 Å². The summed E-state index contributed by atoms with van der Waals surface area (Å²) in [7, 11) is 3.25. The predicted octanol–water partition coefficient (Wildman–Crippen LogP) is 4.31. The standard InChI is InChI=1S/C19H23NO3.C2H6O/c1-4-6-8-15(5-2)16-9-7-10-17(11-16)20-12-19(22)23-13-18(20)14(3)21;1-3-2/h4-10,12-14,16,21-22H,1,11H2,2-3H3;1-2H3/b8-6-,15-5+;. The van der Waals surface area contributed by atoms with Gasteiger partial charge in [-0.15, -0.1) is 0 Å². The molecule has 0 radical (unpaired) electrons. The maximum atomic E-state index is 9.92.